The van der Waals surface area contributed by atoms with Gasteiger partial charge in [-0.1, -0.05) is 48.5 Å². The maximum atomic E-state index is 13.6. The maximum absolute atomic E-state index is 13.6. The Labute approximate surface area is 172 Å². The summed E-state index contributed by atoms with van der Waals surface area (Å²) < 4.78 is 2.23. The lowest BCUT2D eigenvalue weighted by molar-refractivity contribution is 0.0710. The second-order valence-corrected chi connectivity index (χ2v) is 8.48. The first kappa shape index (κ1) is 18.4. The molecular weight excluding hydrogens is 358 g/mol. The zero-order chi connectivity index (χ0) is 19.6. The Hall–Kier alpha value is -2.59. The van der Waals surface area contributed by atoms with Crippen molar-refractivity contribution in [2.24, 2.45) is 0 Å². The number of carbonyl (C=O) groups excluding carboxylic acids is 1. The fourth-order valence-electron chi connectivity index (χ4n) is 5.04. The summed E-state index contributed by atoms with van der Waals surface area (Å²) in [4.78, 5) is 18.3. The van der Waals surface area contributed by atoms with E-state index < -0.39 is 0 Å². The van der Waals surface area contributed by atoms with Crippen LogP contribution in [0.15, 0.2) is 60.8 Å². The van der Waals surface area contributed by atoms with E-state index >= 15 is 0 Å². The SMILES string of the molecule is O=C(c1cn(Cc2ccccc2)c2ccccc12)N1CCCC1CN1CCCC1. The van der Waals surface area contributed by atoms with Crippen LogP contribution >= 0.6 is 0 Å². The van der Waals surface area contributed by atoms with Gasteiger partial charge in [0.15, 0.2) is 0 Å². The highest BCUT2D eigenvalue weighted by molar-refractivity contribution is 6.07. The molecule has 0 aliphatic carbocycles. The average Bonchev–Trinajstić information content (AvgIpc) is 3.50. The van der Waals surface area contributed by atoms with E-state index in [9.17, 15) is 4.79 Å². The Bertz CT molecular complexity index is 988. The molecule has 0 spiro atoms. The number of amides is 1. The number of benzene rings is 2. The summed E-state index contributed by atoms with van der Waals surface area (Å²) in [5.41, 5.74) is 3.24. The Morgan fingerprint density at radius 1 is 0.897 bits per heavy atom. The second kappa shape index (κ2) is 8.03. The van der Waals surface area contributed by atoms with E-state index in [-0.39, 0.29) is 5.91 Å². The molecule has 2 aliphatic rings. The van der Waals surface area contributed by atoms with Crippen LogP contribution in [0.2, 0.25) is 0 Å². The number of nitrogens with zero attached hydrogens (tertiary/aromatic N) is 3. The summed E-state index contributed by atoms with van der Waals surface area (Å²) in [5, 5.41) is 1.07. The van der Waals surface area contributed by atoms with E-state index in [4.69, 9.17) is 0 Å². The van der Waals surface area contributed by atoms with Gasteiger partial charge in [-0.3, -0.25) is 4.79 Å². The largest absolute Gasteiger partial charge is 0.342 e. The number of carbonyl (C=O) groups is 1. The summed E-state index contributed by atoms with van der Waals surface area (Å²) in [6, 6.07) is 19.1. The average molecular weight is 388 g/mol. The predicted molar refractivity (Wildman–Crippen MR) is 117 cm³/mol. The molecule has 0 bridgehead atoms. The van der Waals surface area contributed by atoms with Crippen molar-refractivity contribution in [3.63, 3.8) is 0 Å². The number of rotatable bonds is 5. The van der Waals surface area contributed by atoms with Gasteiger partial charge >= 0.3 is 0 Å². The van der Waals surface area contributed by atoms with Crippen molar-refractivity contribution in [2.75, 3.05) is 26.2 Å². The van der Waals surface area contributed by atoms with Crippen molar-refractivity contribution in [1.29, 1.82) is 0 Å². The highest BCUT2D eigenvalue weighted by Crippen LogP contribution is 2.28. The van der Waals surface area contributed by atoms with Crippen LogP contribution in [0.25, 0.3) is 10.9 Å². The third-order valence-electron chi connectivity index (χ3n) is 6.52. The van der Waals surface area contributed by atoms with Gasteiger partial charge in [-0.25, -0.2) is 0 Å². The molecule has 1 atom stereocenters. The zero-order valence-electron chi connectivity index (χ0n) is 17.0. The molecule has 4 heteroatoms. The molecule has 2 saturated heterocycles. The first-order valence-corrected chi connectivity index (χ1v) is 10.9. The van der Waals surface area contributed by atoms with Gasteiger partial charge in [-0.05, 0) is 50.4 Å². The molecule has 0 saturated carbocycles. The normalized spacial score (nSPS) is 20.0. The molecule has 2 aromatic carbocycles. The lowest BCUT2D eigenvalue weighted by Gasteiger charge is -2.28. The van der Waals surface area contributed by atoms with Gasteiger partial charge in [0.1, 0.15) is 0 Å². The number of fused-ring (bicyclic) bond motifs is 1. The monoisotopic (exact) mass is 387 g/mol. The van der Waals surface area contributed by atoms with Crippen LogP contribution in [-0.2, 0) is 6.54 Å². The van der Waals surface area contributed by atoms with Crippen LogP contribution in [-0.4, -0.2) is 52.5 Å². The molecule has 3 aromatic rings. The fraction of sp³-hybridized carbons (Fsp3) is 0.400. The predicted octanol–water partition coefficient (Wildman–Crippen LogP) is 4.39. The van der Waals surface area contributed by atoms with E-state index in [0.717, 1.165) is 48.9 Å². The van der Waals surface area contributed by atoms with Crippen molar-refractivity contribution in [1.82, 2.24) is 14.4 Å². The zero-order valence-corrected chi connectivity index (χ0v) is 17.0. The number of hydrogen-bond donors (Lipinski definition) is 0. The number of hydrogen-bond acceptors (Lipinski definition) is 2. The standard InChI is InChI=1S/C25H29N3O/c29-25(28-16-8-11-21(28)18-26-14-6-7-15-26)23-19-27(17-20-9-2-1-3-10-20)24-13-5-4-12-22(23)24/h1-5,9-10,12-13,19,21H,6-8,11,14-18H2. The molecule has 2 aliphatic heterocycles. The number of para-hydroxylation sites is 1. The first-order valence-electron chi connectivity index (χ1n) is 10.9. The van der Waals surface area contributed by atoms with E-state index in [2.05, 4.69) is 63.0 Å². The summed E-state index contributed by atoms with van der Waals surface area (Å²) in [6.45, 7) is 5.08. The molecule has 1 unspecified atom stereocenters. The Kier molecular flexibility index (Phi) is 5.11. The van der Waals surface area contributed by atoms with Crippen LogP contribution < -0.4 is 0 Å². The van der Waals surface area contributed by atoms with Crippen molar-refractivity contribution < 1.29 is 4.79 Å². The molecule has 4 nitrogen and oxygen atoms in total. The van der Waals surface area contributed by atoms with E-state index in [1.807, 2.05) is 12.1 Å². The summed E-state index contributed by atoms with van der Waals surface area (Å²) >= 11 is 0. The molecular formula is C25H29N3O. The fourth-order valence-corrected chi connectivity index (χ4v) is 5.04. The Morgan fingerprint density at radius 3 is 2.48 bits per heavy atom. The highest BCUT2D eigenvalue weighted by Gasteiger charge is 2.32. The molecule has 150 valence electrons. The van der Waals surface area contributed by atoms with Gasteiger partial charge in [0.25, 0.3) is 5.91 Å². The van der Waals surface area contributed by atoms with Gasteiger partial charge in [-0.15, -0.1) is 0 Å². The lowest BCUT2D eigenvalue weighted by atomic mass is 10.1. The Morgan fingerprint density at radius 2 is 1.66 bits per heavy atom. The Balaban J connectivity index is 1.44. The minimum atomic E-state index is 0.203. The van der Waals surface area contributed by atoms with Crippen molar-refractivity contribution in [2.45, 2.75) is 38.3 Å². The van der Waals surface area contributed by atoms with Gasteiger partial charge in [-0.2, -0.15) is 0 Å². The minimum absolute atomic E-state index is 0.203. The summed E-state index contributed by atoms with van der Waals surface area (Å²) in [7, 11) is 0. The van der Waals surface area contributed by atoms with Crippen LogP contribution in [0.5, 0.6) is 0 Å². The molecule has 29 heavy (non-hydrogen) atoms. The van der Waals surface area contributed by atoms with E-state index in [1.54, 1.807) is 0 Å². The molecule has 3 heterocycles. The smallest absolute Gasteiger partial charge is 0.256 e. The maximum Gasteiger partial charge on any atom is 0.256 e. The third-order valence-corrected chi connectivity index (χ3v) is 6.52. The van der Waals surface area contributed by atoms with Crippen molar-refractivity contribution >= 4 is 16.8 Å². The quantitative estimate of drug-likeness (QED) is 0.650. The molecule has 0 N–H and O–H groups in total. The van der Waals surface area contributed by atoms with Crippen LogP contribution in [0.3, 0.4) is 0 Å². The second-order valence-electron chi connectivity index (χ2n) is 8.48. The molecule has 0 radical (unpaired) electrons. The van der Waals surface area contributed by atoms with Crippen LogP contribution in [0.1, 0.15) is 41.6 Å². The lowest BCUT2D eigenvalue weighted by Crippen LogP contribution is -2.42. The molecule has 1 amide bonds. The summed E-state index contributed by atoms with van der Waals surface area (Å²) in [5.74, 6) is 0.203. The van der Waals surface area contributed by atoms with Gasteiger partial charge < -0.3 is 14.4 Å². The van der Waals surface area contributed by atoms with E-state index in [1.165, 1.54) is 31.5 Å². The molecule has 5 rings (SSSR count). The third kappa shape index (κ3) is 3.69. The van der Waals surface area contributed by atoms with Gasteiger partial charge in [0.05, 0.1) is 5.56 Å². The first-order chi connectivity index (χ1) is 14.3. The summed E-state index contributed by atoms with van der Waals surface area (Å²) in [6.07, 6.45) is 6.92. The minimum Gasteiger partial charge on any atom is -0.342 e. The molecule has 1 aromatic heterocycles. The van der Waals surface area contributed by atoms with E-state index in [0.29, 0.717) is 6.04 Å². The number of aromatic nitrogens is 1. The van der Waals surface area contributed by atoms with Crippen LogP contribution in [0.4, 0.5) is 0 Å². The highest BCUT2D eigenvalue weighted by atomic mass is 16.2. The van der Waals surface area contributed by atoms with Crippen molar-refractivity contribution in [3.8, 4) is 0 Å². The van der Waals surface area contributed by atoms with Gasteiger partial charge in [0.2, 0.25) is 0 Å². The number of likely N-dealkylation sites (tertiary alicyclic amines) is 2. The topological polar surface area (TPSA) is 28.5 Å². The molecule has 2 fully saturated rings. The van der Waals surface area contributed by atoms with Crippen LogP contribution in [0, 0.1) is 0 Å². The van der Waals surface area contributed by atoms with Crippen molar-refractivity contribution in [3.05, 3.63) is 71.9 Å². The van der Waals surface area contributed by atoms with Gasteiger partial charge in [0, 0.05) is 42.8 Å².